The predicted molar refractivity (Wildman–Crippen MR) is 72.7 cm³/mol. The summed E-state index contributed by atoms with van der Waals surface area (Å²) >= 11 is 0. The zero-order valence-corrected chi connectivity index (χ0v) is 10.8. The molecular weight excluding hydrogens is 245 g/mol. The van der Waals surface area contributed by atoms with Crippen LogP contribution < -0.4 is 4.90 Å². The minimum Gasteiger partial charge on any atom is -0.367 e. The summed E-state index contributed by atoms with van der Waals surface area (Å²) in [7, 11) is 0. The van der Waals surface area contributed by atoms with Gasteiger partial charge in [-0.2, -0.15) is 0 Å². The van der Waals surface area contributed by atoms with Gasteiger partial charge in [-0.25, -0.2) is 4.39 Å². The van der Waals surface area contributed by atoms with Crippen molar-refractivity contribution in [2.24, 2.45) is 0 Å². The summed E-state index contributed by atoms with van der Waals surface area (Å²) in [5, 5.41) is 1.03. The molecular formula is C14H16FN3O. The number of H-pyrrole nitrogens is 1. The second kappa shape index (κ2) is 4.57. The Labute approximate surface area is 110 Å². The van der Waals surface area contributed by atoms with Crippen molar-refractivity contribution in [3.8, 4) is 0 Å². The first-order valence-electron chi connectivity index (χ1n) is 6.42. The highest BCUT2D eigenvalue weighted by molar-refractivity contribution is 5.92. The van der Waals surface area contributed by atoms with E-state index in [0.717, 1.165) is 29.7 Å². The highest BCUT2D eigenvalue weighted by Gasteiger charge is 2.20. The Morgan fingerprint density at radius 1 is 1.26 bits per heavy atom. The zero-order chi connectivity index (χ0) is 13.4. The molecule has 1 aromatic heterocycles. The number of fused-ring (bicyclic) bond motifs is 1. The quantitative estimate of drug-likeness (QED) is 0.852. The molecule has 19 heavy (non-hydrogen) atoms. The lowest BCUT2D eigenvalue weighted by Gasteiger charge is -2.36. The van der Waals surface area contributed by atoms with E-state index >= 15 is 0 Å². The lowest BCUT2D eigenvalue weighted by Crippen LogP contribution is -2.48. The summed E-state index contributed by atoms with van der Waals surface area (Å²) in [5.41, 5.74) is 1.71. The number of carbonyl (C=O) groups excluding carboxylic acids is 1. The third kappa shape index (κ3) is 2.16. The van der Waals surface area contributed by atoms with E-state index in [9.17, 15) is 9.18 Å². The van der Waals surface area contributed by atoms with Crippen LogP contribution in [0.3, 0.4) is 0 Å². The first-order valence-corrected chi connectivity index (χ1v) is 6.42. The summed E-state index contributed by atoms with van der Waals surface area (Å²) in [6.07, 6.45) is 1.82. The van der Waals surface area contributed by atoms with Crippen LogP contribution >= 0.6 is 0 Å². The molecule has 1 fully saturated rings. The number of hydrogen-bond donors (Lipinski definition) is 1. The third-order valence-corrected chi connectivity index (χ3v) is 3.68. The van der Waals surface area contributed by atoms with Gasteiger partial charge in [0.05, 0.1) is 5.52 Å². The lowest BCUT2D eigenvalue weighted by molar-refractivity contribution is -0.129. The summed E-state index contributed by atoms with van der Waals surface area (Å²) in [4.78, 5) is 18.3. The molecule has 1 N–H and O–H groups in total. The number of halogens is 1. The van der Waals surface area contributed by atoms with Crippen LogP contribution in [0.5, 0.6) is 0 Å². The van der Waals surface area contributed by atoms with E-state index in [0.29, 0.717) is 13.1 Å². The van der Waals surface area contributed by atoms with Gasteiger partial charge in [0.15, 0.2) is 0 Å². The summed E-state index contributed by atoms with van der Waals surface area (Å²) in [6.45, 7) is 4.45. The fraction of sp³-hybridized carbons (Fsp3) is 0.357. The highest BCUT2D eigenvalue weighted by Crippen LogP contribution is 2.28. The Morgan fingerprint density at radius 2 is 2.00 bits per heavy atom. The molecule has 0 saturated carbocycles. The molecule has 0 bridgehead atoms. The van der Waals surface area contributed by atoms with Crippen LogP contribution in [-0.2, 0) is 4.79 Å². The minimum atomic E-state index is -0.237. The first-order chi connectivity index (χ1) is 9.15. The Hall–Kier alpha value is -2.04. The summed E-state index contributed by atoms with van der Waals surface area (Å²) in [5.74, 6) is -0.135. The number of piperazine rings is 1. The van der Waals surface area contributed by atoms with Gasteiger partial charge in [-0.15, -0.1) is 0 Å². The third-order valence-electron chi connectivity index (χ3n) is 3.68. The SMILES string of the molecule is CC(=O)N1CCN(c2cc(F)cc3[nH]ccc23)CC1. The van der Waals surface area contributed by atoms with Crippen molar-refractivity contribution >= 4 is 22.5 Å². The number of hydrogen-bond acceptors (Lipinski definition) is 2. The lowest BCUT2D eigenvalue weighted by atomic mass is 10.1. The molecule has 1 amide bonds. The predicted octanol–water partition coefficient (Wildman–Crippen LogP) is 1.98. The van der Waals surface area contributed by atoms with Crippen molar-refractivity contribution in [1.82, 2.24) is 9.88 Å². The second-order valence-electron chi connectivity index (χ2n) is 4.86. The van der Waals surface area contributed by atoms with Crippen LogP contribution in [0.2, 0.25) is 0 Å². The molecule has 1 aromatic carbocycles. The fourth-order valence-corrected chi connectivity index (χ4v) is 2.64. The molecule has 0 aliphatic carbocycles. The monoisotopic (exact) mass is 261 g/mol. The Bertz CT molecular complexity index is 614. The van der Waals surface area contributed by atoms with Gasteiger partial charge < -0.3 is 14.8 Å². The largest absolute Gasteiger partial charge is 0.367 e. The van der Waals surface area contributed by atoms with Crippen LogP contribution in [0, 0.1) is 5.82 Å². The number of rotatable bonds is 1. The number of amides is 1. The molecule has 1 aliphatic rings. The van der Waals surface area contributed by atoms with Crippen LogP contribution in [-0.4, -0.2) is 42.0 Å². The number of aromatic amines is 1. The van der Waals surface area contributed by atoms with E-state index in [2.05, 4.69) is 9.88 Å². The van der Waals surface area contributed by atoms with Crippen LogP contribution in [0.15, 0.2) is 24.4 Å². The standard InChI is InChI=1S/C14H16FN3O/c1-10(19)17-4-6-18(7-5-17)14-9-11(15)8-13-12(14)2-3-16-13/h2-3,8-9,16H,4-7H2,1H3. The van der Waals surface area contributed by atoms with Crippen molar-refractivity contribution in [1.29, 1.82) is 0 Å². The molecule has 1 aliphatic heterocycles. The molecule has 0 radical (unpaired) electrons. The van der Waals surface area contributed by atoms with E-state index < -0.39 is 0 Å². The zero-order valence-electron chi connectivity index (χ0n) is 10.8. The van der Waals surface area contributed by atoms with Crippen LogP contribution in [0.25, 0.3) is 10.9 Å². The van der Waals surface area contributed by atoms with E-state index in [1.165, 1.54) is 6.07 Å². The summed E-state index contributed by atoms with van der Waals surface area (Å²) in [6, 6.07) is 5.03. The first kappa shape index (κ1) is 12.0. The van der Waals surface area contributed by atoms with Crippen molar-refractivity contribution in [3.63, 3.8) is 0 Å². The smallest absolute Gasteiger partial charge is 0.219 e. The second-order valence-corrected chi connectivity index (χ2v) is 4.86. The Morgan fingerprint density at radius 3 is 2.68 bits per heavy atom. The molecule has 0 atom stereocenters. The Kier molecular flexibility index (Phi) is 2.89. The van der Waals surface area contributed by atoms with E-state index in [1.54, 1.807) is 13.0 Å². The topological polar surface area (TPSA) is 39.3 Å². The van der Waals surface area contributed by atoms with Gasteiger partial charge in [0.1, 0.15) is 5.82 Å². The minimum absolute atomic E-state index is 0.102. The molecule has 0 unspecified atom stereocenters. The van der Waals surface area contributed by atoms with Crippen LogP contribution in [0.4, 0.5) is 10.1 Å². The average Bonchev–Trinajstić information content (AvgIpc) is 2.85. The average molecular weight is 261 g/mol. The number of anilines is 1. The van der Waals surface area contributed by atoms with Gasteiger partial charge in [-0.05, 0) is 18.2 Å². The van der Waals surface area contributed by atoms with E-state index in [1.807, 2.05) is 17.2 Å². The fourth-order valence-electron chi connectivity index (χ4n) is 2.64. The van der Waals surface area contributed by atoms with Crippen LogP contribution in [0.1, 0.15) is 6.92 Å². The maximum Gasteiger partial charge on any atom is 0.219 e. The van der Waals surface area contributed by atoms with Crippen molar-refractivity contribution in [2.75, 3.05) is 31.1 Å². The van der Waals surface area contributed by atoms with Crippen molar-refractivity contribution < 1.29 is 9.18 Å². The highest BCUT2D eigenvalue weighted by atomic mass is 19.1. The Balaban J connectivity index is 1.89. The maximum absolute atomic E-state index is 13.6. The molecule has 2 aromatic rings. The molecule has 100 valence electrons. The number of carbonyl (C=O) groups is 1. The van der Waals surface area contributed by atoms with Gasteiger partial charge in [0.2, 0.25) is 5.91 Å². The number of benzene rings is 1. The van der Waals surface area contributed by atoms with Gasteiger partial charge in [-0.3, -0.25) is 4.79 Å². The molecule has 1 saturated heterocycles. The number of nitrogens with zero attached hydrogens (tertiary/aromatic N) is 2. The van der Waals surface area contributed by atoms with E-state index in [4.69, 9.17) is 0 Å². The normalized spacial score (nSPS) is 16.1. The molecule has 3 rings (SSSR count). The van der Waals surface area contributed by atoms with Crippen molar-refractivity contribution in [3.05, 3.63) is 30.2 Å². The molecule has 2 heterocycles. The molecule has 4 nitrogen and oxygen atoms in total. The van der Waals surface area contributed by atoms with Gasteiger partial charge in [-0.1, -0.05) is 0 Å². The van der Waals surface area contributed by atoms with Gasteiger partial charge in [0, 0.05) is 50.4 Å². The van der Waals surface area contributed by atoms with Gasteiger partial charge >= 0.3 is 0 Å². The summed E-state index contributed by atoms with van der Waals surface area (Å²) < 4.78 is 13.6. The maximum atomic E-state index is 13.6. The van der Waals surface area contributed by atoms with E-state index in [-0.39, 0.29) is 11.7 Å². The molecule has 5 heteroatoms. The molecule has 0 spiro atoms. The van der Waals surface area contributed by atoms with Gasteiger partial charge in [0.25, 0.3) is 0 Å². The number of aromatic nitrogens is 1. The van der Waals surface area contributed by atoms with Crippen molar-refractivity contribution in [2.45, 2.75) is 6.92 Å². The number of nitrogens with one attached hydrogen (secondary N) is 1.